The fourth-order valence-corrected chi connectivity index (χ4v) is 5.32. The third-order valence-corrected chi connectivity index (χ3v) is 7.33. The maximum atomic E-state index is 12.2. The Hall–Kier alpha value is -1.89. The van der Waals surface area contributed by atoms with Crippen LogP contribution in [0.4, 0.5) is 0 Å². The summed E-state index contributed by atoms with van der Waals surface area (Å²) >= 11 is 1.37. The number of nitrogens with zero attached hydrogens (tertiary/aromatic N) is 1. The number of rotatable bonds is 12. The zero-order valence-electron chi connectivity index (χ0n) is 18.5. The van der Waals surface area contributed by atoms with Crippen molar-refractivity contribution in [2.24, 2.45) is 11.3 Å². The van der Waals surface area contributed by atoms with Gasteiger partial charge < -0.3 is 36.0 Å². The molecule has 2 fully saturated rings. The molecular weight excluding hydrogens is 442 g/mol. The number of hydrogen-bond acceptors (Lipinski definition) is 8. The SMILES string of the molecule is C[C@H](O)[C@@H]1C(=O)N2[C@@H]1C[C@H](SCCNC(=O)CCNC(=O)[C@@H](O)C(C)(C)CO)[C@@H]2C(=O)O. The molecule has 32 heavy (non-hydrogen) atoms. The van der Waals surface area contributed by atoms with Crippen molar-refractivity contribution in [1.82, 2.24) is 15.5 Å². The molecule has 0 bridgehead atoms. The Kier molecular flexibility index (Phi) is 8.91. The van der Waals surface area contributed by atoms with Gasteiger partial charge in [0.25, 0.3) is 0 Å². The molecule has 182 valence electrons. The van der Waals surface area contributed by atoms with Gasteiger partial charge in [0, 0.05) is 42.0 Å². The summed E-state index contributed by atoms with van der Waals surface area (Å²) in [4.78, 5) is 49.0. The second kappa shape index (κ2) is 10.8. The van der Waals surface area contributed by atoms with Gasteiger partial charge in [-0.3, -0.25) is 14.4 Å². The maximum absolute atomic E-state index is 12.2. The molecule has 2 aliphatic rings. The van der Waals surface area contributed by atoms with Crippen molar-refractivity contribution in [2.45, 2.75) is 63.2 Å². The molecule has 0 radical (unpaired) electrons. The quantitative estimate of drug-likeness (QED) is 0.140. The van der Waals surface area contributed by atoms with Crippen LogP contribution in [0.15, 0.2) is 0 Å². The van der Waals surface area contributed by atoms with Crippen molar-refractivity contribution in [3.8, 4) is 0 Å². The van der Waals surface area contributed by atoms with E-state index in [1.807, 2.05) is 0 Å². The van der Waals surface area contributed by atoms with Crippen LogP contribution in [0.5, 0.6) is 0 Å². The maximum Gasteiger partial charge on any atom is 0.327 e. The number of amides is 3. The van der Waals surface area contributed by atoms with Crippen molar-refractivity contribution in [2.75, 3.05) is 25.4 Å². The van der Waals surface area contributed by atoms with Gasteiger partial charge in [-0.2, -0.15) is 11.8 Å². The second-order valence-corrected chi connectivity index (χ2v) is 10.3. The van der Waals surface area contributed by atoms with Crippen LogP contribution in [0.25, 0.3) is 0 Å². The molecule has 2 heterocycles. The monoisotopic (exact) mass is 475 g/mol. The third kappa shape index (κ3) is 5.72. The Balaban J connectivity index is 1.70. The number of aliphatic hydroxyl groups is 3. The minimum absolute atomic E-state index is 0.00425. The fourth-order valence-electron chi connectivity index (χ4n) is 4.03. The van der Waals surface area contributed by atoms with E-state index in [2.05, 4.69) is 10.6 Å². The normalized spacial score (nSPS) is 26.7. The first-order valence-corrected chi connectivity index (χ1v) is 11.6. The molecule has 2 rings (SSSR count). The van der Waals surface area contributed by atoms with Crippen molar-refractivity contribution in [3.05, 3.63) is 0 Å². The minimum atomic E-state index is -1.40. The van der Waals surface area contributed by atoms with Crippen LogP contribution in [0.2, 0.25) is 0 Å². The Morgan fingerprint density at radius 3 is 2.44 bits per heavy atom. The fraction of sp³-hybridized carbons (Fsp3) is 0.800. The van der Waals surface area contributed by atoms with Gasteiger partial charge in [0.1, 0.15) is 12.1 Å². The van der Waals surface area contributed by atoms with Gasteiger partial charge in [-0.25, -0.2) is 4.79 Å². The van der Waals surface area contributed by atoms with Crippen LogP contribution in [-0.2, 0) is 19.2 Å². The molecular formula is C20H33N3O8S. The predicted molar refractivity (Wildman–Crippen MR) is 116 cm³/mol. The van der Waals surface area contributed by atoms with Crippen molar-refractivity contribution in [1.29, 1.82) is 0 Å². The summed E-state index contributed by atoms with van der Waals surface area (Å²) in [5.41, 5.74) is -0.993. The highest BCUT2D eigenvalue weighted by Crippen LogP contribution is 2.45. The van der Waals surface area contributed by atoms with Crippen LogP contribution in [0, 0.1) is 11.3 Å². The van der Waals surface area contributed by atoms with Crippen LogP contribution in [0.3, 0.4) is 0 Å². The molecule has 0 spiro atoms. The molecule has 3 amide bonds. The standard InChI is InChI=1S/C20H33N3O8S/c1-10(25)14-11-8-12(15(19(30)31)23(11)18(14)29)32-7-6-21-13(26)4-5-22-17(28)16(27)20(2,3)9-24/h10-12,14-16,24-25,27H,4-9H2,1-3H3,(H,21,26)(H,22,28)(H,30,31)/t10-,11+,12-,14-,15+,16+/m0/s1. The smallest absolute Gasteiger partial charge is 0.327 e. The number of carbonyl (C=O) groups is 4. The van der Waals surface area contributed by atoms with E-state index in [9.17, 15) is 39.6 Å². The van der Waals surface area contributed by atoms with Crippen LogP contribution >= 0.6 is 11.8 Å². The number of carboxylic acids is 1. The highest BCUT2D eigenvalue weighted by molar-refractivity contribution is 8.00. The Bertz CT molecular complexity index is 732. The Labute approximate surface area is 190 Å². The summed E-state index contributed by atoms with van der Waals surface area (Å²) in [6.07, 6.45) is -1.73. The summed E-state index contributed by atoms with van der Waals surface area (Å²) in [5.74, 6) is -2.49. The summed E-state index contributed by atoms with van der Waals surface area (Å²) in [6, 6.07) is -1.21. The van der Waals surface area contributed by atoms with Crippen molar-refractivity contribution < 1.29 is 39.6 Å². The highest BCUT2D eigenvalue weighted by atomic mass is 32.2. The molecule has 0 aromatic carbocycles. The number of hydrogen-bond donors (Lipinski definition) is 6. The van der Waals surface area contributed by atoms with E-state index in [0.717, 1.165) is 0 Å². The molecule has 2 saturated heterocycles. The molecule has 11 nitrogen and oxygen atoms in total. The average molecular weight is 476 g/mol. The zero-order chi connectivity index (χ0) is 24.2. The summed E-state index contributed by atoms with van der Waals surface area (Å²) in [5, 5.41) is 43.2. The average Bonchev–Trinajstić information content (AvgIpc) is 3.04. The lowest BCUT2D eigenvalue weighted by atomic mass is 9.84. The molecule has 0 aromatic heterocycles. The van der Waals surface area contributed by atoms with Gasteiger partial charge in [-0.15, -0.1) is 0 Å². The topological polar surface area (TPSA) is 176 Å². The van der Waals surface area contributed by atoms with E-state index in [-0.39, 0.29) is 42.7 Å². The second-order valence-electron chi connectivity index (χ2n) is 8.95. The van der Waals surface area contributed by atoms with Gasteiger partial charge in [0.2, 0.25) is 17.7 Å². The largest absolute Gasteiger partial charge is 0.480 e. The molecule has 0 unspecified atom stereocenters. The van der Waals surface area contributed by atoms with Gasteiger partial charge in [0.05, 0.1) is 18.6 Å². The minimum Gasteiger partial charge on any atom is -0.480 e. The number of thioether (sulfide) groups is 1. The van der Waals surface area contributed by atoms with Crippen molar-refractivity contribution >= 4 is 35.5 Å². The van der Waals surface area contributed by atoms with E-state index >= 15 is 0 Å². The van der Waals surface area contributed by atoms with Crippen LogP contribution < -0.4 is 10.6 Å². The molecule has 0 aromatic rings. The Morgan fingerprint density at radius 2 is 1.88 bits per heavy atom. The first-order valence-electron chi connectivity index (χ1n) is 10.6. The zero-order valence-corrected chi connectivity index (χ0v) is 19.3. The van der Waals surface area contributed by atoms with Gasteiger partial charge >= 0.3 is 5.97 Å². The van der Waals surface area contributed by atoms with E-state index in [4.69, 9.17) is 0 Å². The number of nitrogens with one attached hydrogen (secondary N) is 2. The Morgan fingerprint density at radius 1 is 1.22 bits per heavy atom. The third-order valence-electron chi connectivity index (χ3n) is 6.01. The summed E-state index contributed by atoms with van der Waals surface area (Å²) < 4.78 is 0. The van der Waals surface area contributed by atoms with Crippen molar-refractivity contribution in [3.63, 3.8) is 0 Å². The van der Waals surface area contributed by atoms with E-state index in [1.54, 1.807) is 13.8 Å². The summed E-state index contributed by atoms with van der Waals surface area (Å²) in [7, 11) is 0. The molecule has 6 atom stereocenters. The lowest BCUT2D eigenvalue weighted by molar-refractivity contribution is -0.169. The van der Waals surface area contributed by atoms with Crippen LogP contribution in [-0.4, -0.2) is 104 Å². The first-order chi connectivity index (χ1) is 14.9. The number of carboxylic acid groups (broad SMARTS) is 1. The number of aliphatic hydroxyl groups excluding tert-OH is 3. The number of fused-ring (bicyclic) bond motifs is 1. The van der Waals surface area contributed by atoms with E-state index < -0.39 is 41.5 Å². The lowest BCUT2D eigenvalue weighted by Gasteiger charge is -2.45. The van der Waals surface area contributed by atoms with Gasteiger partial charge in [-0.1, -0.05) is 13.8 Å². The molecule has 0 aliphatic carbocycles. The molecule has 2 aliphatic heterocycles. The van der Waals surface area contributed by atoms with Gasteiger partial charge in [-0.05, 0) is 13.3 Å². The van der Waals surface area contributed by atoms with Gasteiger partial charge in [0.15, 0.2) is 0 Å². The first kappa shape index (κ1) is 26.4. The van der Waals surface area contributed by atoms with Crippen LogP contribution in [0.1, 0.15) is 33.6 Å². The summed E-state index contributed by atoms with van der Waals surface area (Å²) in [6.45, 7) is 4.57. The predicted octanol–water partition coefficient (Wildman–Crippen LogP) is -1.85. The highest BCUT2D eigenvalue weighted by Gasteiger charge is 2.61. The number of carbonyl (C=O) groups excluding carboxylic acids is 3. The molecule has 12 heteroatoms. The molecule has 0 saturated carbocycles. The number of aliphatic carboxylic acids is 1. The lowest BCUT2D eigenvalue weighted by Crippen LogP contribution is -2.64. The van der Waals surface area contributed by atoms with E-state index in [0.29, 0.717) is 18.7 Å². The number of β-lactam (4-membered cyclic amide) rings is 1. The van der Waals surface area contributed by atoms with E-state index in [1.165, 1.54) is 23.6 Å². The molecule has 6 N–H and O–H groups in total.